The normalized spacial score (nSPS) is 42.1. The first-order chi connectivity index (χ1) is 6.65. The number of rotatable bonds is 2. The molecule has 80 valence electrons. The number of nitrogens with one attached hydrogen (secondary N) is 1. The minimum atomic E-state index is -0.700. The molecule has 2 unspecified atom stereocenters. The van der Waals surface area contributed by atoms with Gasteiger partial charge < -0.3 is 5.11 Å². The Morgan fingerprint density at radius 2 is 2.50 bits per heavy atom. The van der Waals surface area contributed by atoms with Gasteiger partial charge in [-0.15, -0.1) is 11.8 Å². The van der Waals surface area contributed by atoms with Crippen molar-refractivity contribution in [2.45, 2.75) is 43.5 Å². The topological polar surface area (TPSA) is 49.3 Å². The molecule has 0 radical (unpaired) electrons. The molecule has 3 nitrogen and oxygen atoms in total. The Bertz CT molecular complexity index is 246. The van der Waals surface area contributed by atoms with E-state index in [0.29, 0.717) is 0 Å². The van der Waals surface area contributed by atoms with Crippen molar-refractivity contribution in [2.75, 3.05) is 5.75 Å². The highest BCUT2D eigenvalue weighted by atomic mass is 32.2. The van der Waals surface area contributed by atoms with E-state index >= 15 is 0 Å². The number of hydrogen-bond acceptors (Lipinski definition) is 3. The Labute approximate surface area is 88.6 Å². The summed E-state index contributed by atoms with van der Waals surface area (Å²) in [5.41, 5.74) is 0. The van der Waals surface area contributed by atoms with E-state index in [9.17, 15) is 4.79 Å². The van der Waals surface area contributed by atoms with E-state index in [4.69, 9.17) is 5.11 Å². The van der Waals surface area contributed by atoms with Crippen LogP contribution in [-0.2, 0) is 4.79 Å². The molecular weight excluding hydrogens is 198 g/mol. The molecular formula is C10H17NO2S. The minimum Gasteiger partial charge on any atom is -0.480 e. The van der Waals surface area contributed by atoms with Crippen molar-refractivity contribution in [3.8, 4) is 0 Å². The maximum absolute atomic E-state index is 10.8. The largest absolute Gasteiger partial charge is 0.480 e. The molecule has 1 saturated heterocycles. The van der Waals surface area contributed by atoms with Crippen LogP contribution in [0.5, 0.6) is 0 Å². The minimum absolute atomic E-state index is 0.101. The van der Waals surface area contributed by atoms with Crippen molar-refractivity contribution in [3.63, 3.8) is 0 Å². The van der Waals surface area contributed by atoms with Crippen LogP contribution in [-0.4, -0.2) is 27.7 Å². The number of carboxylic acids is 1. The van der Waals surface area contributed by atoms with Gasteiger partial charge >= 0.3 is 5.97 Å². The zero-order valence-corrected chi connectivity index (χ0v) is 9.27. The fourth-order valence-corrected chi connectivity index (χ4v) is 4.05. The first-order valence-corrected chi connectivity index (χ1v) is 6.28. The fraction of sp³-hybridized carbons (Fsp3) is 0.900. The Balaban J connectivity index is 1.97. The van der Waals surface area contributed by atoms with Gasteiger partial charge in [-0.2, -0.15) is 0 Å². The molecule has 3 atom stereocenters. The van der Waals surface area contributed by atoms with Crippen LogP contribution < -0.4 is 5.32 Å². The van der Waals surface area contributed by atoms with E-state index in [1.807, 2.05) is 11.8 Å². The highest BCUT2D eigenvalue weighted by Crippen LogP contribution is 2.47. The Morgan fingerprint density at radius 1 is 1.71 bits per heavy atom. The summed E-state index contributed by atoms with van der Waals surface area (Å²) in [4.78, 5) is 10.9. The van der Waals surface area contributed by atoms with Crippen molar-refractivity contribution in [3.05, 3.63) is 0 Å². The Kier molecular flexibility index (Phi) is 2.75. The maximum Gasteiger partial charge on any atom is 0.321 e. The summed E-state index contributed by atoms with van der Waals surface area (Å²) < 4.78 is 0. The number of hydrogen-bond donors (Lipinski definition) is 2. The second-order valence-electron chi connectivity index (χ2n) is 4.36. The summed E-state index contributed by atoms with van der Waals surface area (Å²) in [7, 11) is 0. The van der Waals surface area contributed by atoms with Gasteiger partial charge in [0.2, 0.25) is 0 Å². The molecule has 1 aliphatic heterocycles. The first-order valence-electron chi connectivity index (χ1n) is 5.30. The van der Waals surface area contributed by atoms with Gasteiger partial charge in [0.1, 0.15) is 6.04 Å². The highest BCUT2D eigenvalue weighted by Gasteiger charge is 2.46. The van der Waals surface area contributed by atoms with Gasteiger partial charge in [0.25, 0.3) is 0 Å². The van der Waals surface area contributed by atoms with Crippen LogP contribution >= 0.6 is 11.8 Å². The molecule has 2 aliphatic rings. The lowest BCUT2D eigenvalue weighted by Gasteiger charge is -2.23. The number of carboxylic acid groups (broad SMARTS) is 1. The second kappa shape index (κ2) is 3.74. The molecule has 0 aromatic rings. The highest BCUT2D eigenvalue weighted by molar-refractivity contribution is 8.01. The van der Waals surface area contributed by atoms with Crippen LogP contribution in [0.15, 0.2) is 0 Å². The van der Waals surface area contributed by atoms with Crippen LogP contribution in [0.3, 0.4) is 0 Å². The van der Waals surface area contributed by atoms with Gasteiger partial charge in [0.15, 0.2) is 0 Å². The summed E-state index contributed by atoms with van der Waals surface area (Å²) in [6, 6.07) is -0.324. The lowest BCUT2D eigenvalue weighted by molar-refractivity contribution is -0.138. The molecule has 1 spiro atoms. The average Bonchev–Trinajstić information content (AvgIpc) is 2.74. The zero-order chi connectivity index (χ0) is 10.2. The molecule has 1 heterocycles. The molecule has 0 aromatic heterocycles. The van der Waals surface area contributed by atoms with Gasteiger partial charge in [0, 0.05) is 5.75 Å². The van der Waals surface area contributed by atoms with Crippen molar-refractivity contribution < 1.29 is 9.90 Å². The molecule has 0 bridgehead atoms. The summed E-state index contributed by atoms with van der Waals surface area (Å²) in [5, 5.41) is 12.2. The van der Waals surface area contributed by atoms with Crippen LogP contribution in [0, 0.1) is 5.92 Å². The van der Waals surface area contributed by atoms with Crippen LogP contribution in [0.4, 0.5) is 0 Å². The van der Waals surface area contributed by atoms with Crippen molar-refractivity contribution in [2.24, 2.45) is 5.92 Å². The predicted octanol–water partition coefficient (Wildman–Crippen LogP) is 1.68. The molecule has 0 amide bonds. The third-order valence-corrected chi connectivity index (χ3v) is 4.96. The Hall–Kier alpha value is -0.220. The Morgan fingerprint density at radius 3 is 3.00 bits per heavy atom. The quantitative estimate of drug-likeness (QED) is 0.736. The van der Waals surface area contributed by atoms with Gasteiger partial charge in [0.05, 0.1) is 4.87 Å². The van der Waals surface area contributed by atoms with Gasteiger partial charge in [-0.05, 0) is 25.2 Å². The molecule has 1 saturated carbocycles. The maximum atomic E-state index is 10.8. The monoisotopic (exact) mass is 215 g/mol. The van der Waals surface area contributed by atoms with Crippen molar-refractivity contribution >= 4 is 17.7 Å². The third kappa shape index (κ3) is 1.77. The lowest BCUT2D eigenvalue weighted by Crippen LogP contribution is -2.43. The summed E-state index contributed by atoms with van der Waals surface area (Å²) in [6.45, 7) is 2.22. The van der Waals surface area contributed by atoms with Gasteiger partial charge in [-0.25, -0.2) is 0 Å². The van der Waals surface area contributed by atoms with Gasteiger partial charge in [-0.1, -0.05) is 13.3 Å². The lowest BCUT2D eigenvalue weighted by atomic mass is 10.1. The van der Waals surface area contributed by atoms with Crippen LogP contribution in [0.1, 0.15) is 32.6 Å². The fourth-order valence-electron chi connectivity index (χ4n) is 2.50. The molecule has 2 fully saturated rings. The smallest absolute Gasteiger partial charge is 0.321 e. The molecule has 2 rings (SSSR count). The number of carbonyl (C=O) groups is 1. The van der Waals surface area contributed by atoms with E-state index in [1.54, 1.807) is 0 Å². The predicted molar refractivity (Wildman–Crippen MR) is 57.4 cm³/mol. The third-order valence-electron chi connectivity index (χ3n) is 3.41. The molecule has 4 heteroatoms. The first kappa shape index (κ1) is 10.3. The second-order valence-corrected chi connectivity index (χ2v) is 5.76. The zero-order valence-electron chi connectivity index (χ0n) is 8.45. The van der Waals surface area contributed by atoms with E-state index in [-0.39, 0.29) is 10.9 Å². The van der Waals surface area contributed by atoms with E-state index in [1.165, 1.54) is 12.8 Å². The molecule has 1 aliphatic carbocycles. The SMILES string of the molecule is CCC1CCC2(C1)N[C@@H](C(=O)O)CS2. The van der Waals surface area contributed by atoms with Crippen LogP contribution in [0.25, 0.3) is 0 Å². The van der Waals surface area contributed by atoms with Crippen molar-refractivity contribution in [1.29, 1.82) is 0 Å². The summed E-state index contributed by atoms with van der Waals surface area (Å²) in [6.07, 6.45) is 4.77. The van der Waals surface area contributed by atoms with Crippen LogP contribution in [0.2, 0.25) is 0 Å². The van der Waals surface area contributed by atoms with E-state index in [2.05, 4.69) is 12.2 Å². The molecule has 14 heavy (non-hydrogen) atoms. The summed E-state index contributed by atoms with van der Waals surface area (Å²) >= 11 is 1.82. The summed E-state index contributed by atoms with van der Waals surface area (Å²) in [5.74, 6) is 0.822. The standard InChI is InChI=1S/C10H17NO2S/c1-2-7-3-4-10(5-7)11-8(6-14-10)9(12)13/h7-8,11H,2-6H2,1H3,(H,12,13)/t7?,8-,10?/m1/s1. The number of aliphatic carboxylic acids is 1. The van der Waals surface area contributed by atoms with E-state index in [0.717, 1.165) is 24.5 Å². The average molecular weight is 215 g/mol. The van der Waals surface area contributed by atoms with E-state index < -0.39 is 5.97 Å². The molecule has 2 N–H and O–H groups in total. The molecule has 0 aromatic carbocycles. The van der Waals surface area contributed by atoms with Gasteiger partial charge in [-0.3, -0.25) is 10.1 Å². The van der Waals surface area contributed by atoms with Crippen molar-refractivity contribution in [1.82, 2.24) is 5.32 Å². The number of thioether (sulfide) groups is 1.